The third kappa shape index (κ3) is 2.33. The normalized spacial score (nSPS) is 9.53. The van der Waals surface area contributed by atoms with E-state index in [0.29, 0.717) is 5.69 Å². The first-order chi connectivity index (χ1) is 7.40. The topological polar surface area (TPSA) is 49.6 Å². The second-order valence-electron chi connectivity index (χ2n) is 2.73. The summed E-state index contributed by atoms with van der Waals surface area (Å²) in [7, 11) is 0. The Morgan fingerprint density at radius 3 is 2.67 bits per heavy atom. The summed E-state index contributed by atoms with van der Waals surface area (Å²) in [6.07, 6.45) is 3.34. The molecule has 2 rings (SSSR count). The number of nitrogens with zero attached hydrogens (tertiary/aromatic N) is 3. The molecule has 0 radical (unpaired) electrons. The molecule has 2 aromatic rings. The average Bonchev–Trinajstić information content (AvgIpc) is 2.31. The highest BCUT2D eigenvalue weighted by Gasteiger charge is 2.04. The molecule has 3 nitrogen and oxygen atoms in total. The van der Waals surface area contributed by atoms with Gasteiger partial charge in [0.05, 0.1) is 4.90 Å². The smallest absolute Gasteiger partial charge is 0.154 e. The zero-order valence-corrected chi connectivity index (χ0v) is 8.61. The van der Waals surface area contributed by atoms with Crippen molar-refractivity contribution < 1.29 is 0 Å². The number of hydrogen-bond donors (Lipinski definition) is 0. The van der Waals surface area contributed by atoms with E-state index in [1.807, 2.05) is 30.3 Å². The van der Waals surface area contributed by atoms with Crippen molar-refractivity contribution in [3.8, 4) is 6.07 Å². The molecule has 15 heavy (non-hydrogen) atoms. The van der Waals surface area contributed by atoms with Crippen LogP contribution in [0.15, 0.2) is 52.6 Å². The van der Waals surface area contributed by atoms with Gasteiger partial charge in [-0.15, -0.1) is 0 Å². The summed E-state index contributed by atoms with van der Waals surface area (Å²) < 4.78 is 0. The molecule has 0 bridgehead atoms. The molecule has 0 fully saturated rings. The highest BCUT2D eigenvalue weighted by molar-refractivity contribution is 7.99. The van der Waals surface area contributed by atoms with Crippen LogP contribution in [0.4, 0.5) is 0 Å². The molecule has 2 heterocycles. The number of aromatic nitrogens is 2. The first kappa shape index (κ1) is 9.69. The maximum Gasteiger partial charge on any atom is 0.154 e. The minimum atomic E-state index is 0.438. The molecule has 0 saturated carbocycles. The fourth-order valence-corrected chi connectivity index (χ4v) is 1.90. The van der Waals surface area contributed by atoms with Crippen LogP contribution < -0.4 is 0 Å². The van der Waals surface area contributed by atoms with Crippen LogP contribution in [0.5, 0.6) is 0 Å². The van der Waals surface area contributed by atoms with Crippen LogP contribution in [0, 0.1) is 11.3 Å². The van der Waals surface area contributed by atoms with E-state index < -0.39 is 0 Å². The van der Waals surface area contributed by atoms with Gasteiger partial charge >= 0.3 is 0 Å². The Morgan fingerprint density at radius 2 is 1.93 bits per heavy atom. The number of nitriles is 1. The minimum Gasteiger partial charge on any atom is -0.250 e. The quantitative estimate of drug-likeness (QED) is 0.769. The van der Waals surface area contributed by atoms with Gasteiger partial charge in [0.2, 0.25) is 0 Å². The summed E-state index contributed by atoms with van der Waals surface area (Å²) in [6, 6.07) is 11.4. The van der Waals surface area contributed by atoms with E-state index in [2.05, 4.69) is 16.0 Å². The van der Waals surface area contributed by atoms with Crippen molar-refractivity contribution in [2.75, 3.05) is 0 Å². The number of rotatable bonds is 2. The first-order valence-corrected chi connectivity index (χ1v) is 5.16. The Bertz CT molecular complexity index is 491. The van der Waals surface area contributed by atoms with Crippen molar-refractivity contribution in [3.63, 3.8) is 0 Å². The fraction of sp³-hybridized carbons (Fsp3) is 0. The lowest BCUT2D eigenvalue weighted by atomic mass is 10.4. The molecule has 0 saturated heterocycles. The van der Waals surface area contributed by atoms with Crippen LogP contribution in [0.3, 0.4) is 0 Å². The molecule has 0 N–H and O–H groups in total. The van der Waals surface area contributed by atoms with Crippen molar-refractivity contribution in [2.24, 2.45) is 0 Å². The predicted molar refractivity (Wildman–Crippen MR) is 57.3 cm³/mol. The van der Waals surface area contributed by atoms with Crippen LogP contribution >= 0.6 is 11.8 Å². The first-order valence-electron chi connectivity index (χ1n) is 4.34. The number of pyridine rings is 2. The van der Waals surface area contributed by atoms with E-state index in [1.54, 1.807) is 12.4 Å². The van der Waals surface area contributed by atoms with E-state index in [0.717, 1.165) is 9.92 Å². The van der Waals surface area contributed by atoms with Crippen molar-refractivity contribution in [3.05, 3.63) is 48.4 Å². The van der Waals surface area contributed by atoms with Gasteiger partial charge in [-0.1, -0.05) is 17.8 Å². The maximum atomic E-state index is 8.85. The molecule has 0 spiro atoms. The summed E-state index contributed by atoms with van der Waals surface area (Å²) in [4.78, 5) is 8.99. The largest absolute Gasteiger partial charge is 0.250 e. The third-order valence-electron chi connectivity index (χ3n) is 1.73. The molecule has 0 aromatic carbocycles. The molecule has 4 heteroatoms. The van der Waals surface area contributed by atoms with Crippen molar-refractivity contribution in [2.45, 2.75) is 9.92 Å². The molecule has 72 valence electrons. The molecule has 0 aliphatic rings. The van der Waals surface area contributed by atoms with Gasteiger partial charge in [0.25, 0.3) is 0 Å². The van der Waals surface area contributed by atoms with Crippen LogP contribution in [0.25, 0.3) is 0 Å². The highest BCUT2D eigenvalue weighted by atomic mass is 32.2. The monoisotopic (exact) mass is 213 g/mol. The Hall–Kier alpha value is -1.86. The van der Waals surface area contributed by atoms with Gasteiger partial charge < -0.3 is 0 Å². The lowest BCUT2D eigenvalue weighted by Crippen LogP contribution is -1.86. The van der Waals surface area contributed by atoms with Gasteiger partial charge in [0.15, 0.2) is 5.69 Å². The van der Waals surface area contributed by atoms with Crippen molar-refractivity contribution in [1.29, 1.82) is 5.26 Å². The van der Waals surface area contributed by atoms with Crippen molar-refractivity contribution in [1.82, 2.24) is 9.97 Å². The molecule has 0 atom stereocenters. The zero-order valence-electron chi connectivity index (χ0n) is 7.79. The van der Waals surface area contributed by atoms with Gasteiger partial charge in [-0.05, 0) is 24.3 Å². The van der Waals surface area contributed by atoms with Gasteiger partial charge in [0, 0.05) is 12.4 Å². The maximum absolute atomic E-state index is 8.85. The predicted octanol–water partition coefficient (Wildman–Crippen LogP) is 2.50. The zero-order chi connectivity index (χ0) is 10.5. The lowest BCUT2D eigenvalue weighted by molar-refractivity contribution is 1.12. The standard InChI is InChI=1S/C11H7N3S/c12-8-9-10(4-3-7-13-9)15-11-5-1-2-6-14-11/h1-7H. The second kappa shape index (κ2) is 4.58. The van der Waals surface area contributed by atoms with E-state index >= 15 is 0 Å². The second-order valence-corrected chi connectivity index (χ2v) is 3.79. The lowest BCUT2D eigenvalue weighted by Gasteiger charge is -2.00. The molecule has 0 amide bonds. The van der Waals surface area contributed by atoms with Crippen LogP contribution in [0.1, 0.15) is 5.69 Å². The van der Waals surface area contributed by atoms with Crippen LogP contribution in [-0.4, -0.2) is 9.97 Å². The van der Waals surface area contributed by atoms with Crippen LogP contribution in [-0.2, 0) is 0 Å². The molecule has 2 aromatic heterocycles. The highest BCUT2D eigenvalue weighted by Crippen LogP contribution is 2.26. The van der Waals surface area contributed by atoms with Crippen molar-refractivity contribution >= 4 is 11.8 Å². The van der Waals surface area contributed by atoms with E-state index in [-0.39, 0.29) is 0 Å². The molecule has 0 unspecified atom stereocenters. The summed E-state index contributed by atoms with van der Waals surface area (Å²) in [5.41, 5.74) is 0.438. The summed E-state index contributed by atoms with van der Waals surface area (Å²) in [5, 5.41) is 9.71. The van der Waals surface area contributed by atoms with Gasteiger partial charge in [-0.25, -0.2) is 9.97 Å². The Kier molecular flexibility index (Phi) is 2.96. The number of hydrogen-bond acceptors (Lipinski definition) is 4. The molecule has 0 aliphatic heterocycles. The van der Waals surface area contributed by atoms with Crippen LogP contribution in [0.2, 0.25) is 0 Å². The van der Waals surface area contributed by atoms with E-state index in [9.17, 15) is 0 Å². The van der Waals surface area contributed by atoms with Gasteiger partial charge in [0.1, 0.15) is 11.1 Å². The third-order valence-corrected chi connectivity index (χ3v) is 2.73. The van der Waals surface area contributed by atoms with Gasteiger partial charge in [-0.3, -0.25) is 0 Å². The Balaban J connectivity index is 2.29. The van der Waals surface area contributed by atoms with E-state index in [4.69, 9.17) is 5.26 Å². The Labute approximate surface area is 91.8 Å². The molecular weight excluding hydrogens is 206 g/mol. The molecule has 0 aliphatic carbocycles. The fourth-order valence-electron chi connectivity index (χ4n) is 1.08. The molecular formula is C11H7N3S. The van der Waals surface area contributed by atoms with E-state index in [1.165, 1.54) is 11.8 Å². The minimum absolute atomic E-state index is 0.438. The summed E-state index contributed by atoms with van der Waals surface area (Å²) in [6.45, 7) is 0. The summed E-state index contributed by atoms with van der Waals surface area (Å²) >= 11 is 1.44. The van der Waals surface area contributed by atoms with Gasteiger partial charge in [-0.2, -0.15) is 5.26 Å². The Morgan fingerprint density at radius 1 is 1.07 bits per heavy atom. The summed E-state index contributed by atoms with van der Waals surface area (Å²) in [5.74, 6) is 0. The average molecular weight is 213 g/mol. The SMILES string of the molecule is N#Cc1ncccc1Sc1ccccn1.